The van der Waals surface area contributed by atoms with Gasteiger partial charge in [-0.05, 0) is 36.4 Å². The van der Waals surface area contributed by atoms with Crippen molar-refractivity contribution in [3.8, 4) is 11.3 Å². The maximum Gasteiger partial charge on any atom is 0.257 e. The van der Waals surface area contributed by atoms with Crippen LogP contribution in [-0.2, 0) is 0 Å². The second-order valence-corrected chi connectivity index (χ2v) is 4.78. The Labute approximate surface area is 126 Å². The first kappa shape index (κ1) is 13.3. The number of imidazole rings is 1. The fourth-order valence-electron chi connectivity index (χ4n) is 1.83. The molecule has 21 heavy (non-hydrogen) atoms. The van der Waals surface area contributed by atoms with E-state index in [-0.39, 0.29) is 5.91 Å². The first-order valence-corrected chi connectivity index (χ1v) is 6.62. The minimum Gasteiger partial charge on any atom is -0.324 e. The smallest absolute Gasteiger partial charge is 0.257 e. The molecule has 0 radical (unpaired) electrons. The number of carbonyl (C=O) groups excluding carboxylic acids is 1. The highest BCUT2D eigenvalue weighted by Crippen LogP contribution is 2.17. The zero-order valence-electron chi connectivity index (χ0n) is 10.9. The Morgan fingerprint density at radius 3 is 2.67 bits per heavy atom. The molecule has 0 aliphatic heterocycles. The topological polar surface area (TPSA) is 70.7 Å². The Morgan fingerprint density at radius 1 is 1.14 bits per heavy atom. The summed E-state index contributed by atoms with van der Waals surface area (Å²) >= 11 is 5.79. The highest BCUT2D eigenvalue weighted by molar-refractivity contribution is 6.30. The Morgan fingerprint density at radius 2 is 1.95 bits per heavy atom. The molecule has 0 aliphatic rings. The van der Waals surface area contributed by atoms with Crippen molar-refractivity contribution >= 4 is 23.5 Å². The molecule has 0 fully saturated rings. The number of amides is 1. The maximum atomic E-state index is 12.0. The quantitative estimate of drug-likeness (QED) is 0.778. The molecule has 0 bridgehead atoms. The summed E-state index contributed by atoms with van der Waals surface area (Å²) in [5.74, 6) is 0.132. The number of aromatic nitrogens is 3. The summed E-state index contributed by atoms with van der Waals surface area (Å²) < 4.78 is 0. The van der Waals surface area contributed by atoms with Crippen molar-refractivity contribution in [3.05, 3.63) is 65.6 Å². The molecule has 0 saturated carbocycles. The van der Waals surface area contributed by atoms with E-state index < -0.39 is 0 Å². The highest BCUT2D eigenvalue weighted by Gasteiger charge is 2.09. The van der Waals surface area contributed by atoms with E-state index in [2.05, 4.69) is 20.3 Å². The van der Waals surface area contributed by atoms with Crippen LogP contribution in [0.4, 0.5) is 5.95 Å². The molecule has 6 heteroatoms. The van der Waals surface area contributed by atoms with Crippen LogP contribution in [0, 0.1) is 0 Å². The van der Waals surface area contributed by atoms with Crippen LogP contribution < -0.4 is 5.32 Å². The van der Waals surface area contributed by atoms with Crippen molar-refractivity contribution in [3.63, 3.8) is 0 Å². The number of nitrogens with zero attached hydrogens (tertiary/aromatic N) is 2. The Balaban J connectivity index is 1.75. The maximum absolute atomic E-state index is 12.0. The van der Waals surface area contributed by atoms with Crippen molar-refractivity contribution in [1.82, 2.24) is 15.0 Å². The van der Waals surface area contributed by atoms with E-state index in [1.165, 1.54) is 0 Å². The lowest BCUT2D eigenvalue weighted by Crippen LogP contribution is -2.12. The molecular weight excluding hydrogens is 288 g/mol. The number of rotatable bonds is 3. The number of benzene rings is 1. The van der Waals surface area contributed by atoms with E-state index >= 15 is 0 Å². The number of H-pyrrole nitrogens is 1. The summed E-state index contributed by atoms with van der Waals surface area (Å²) in [6, 6.07) is 10.4. The number of hydrogen-bond donors (Lipinski definition) is 2. The zero-order chi connectivity index (χ0) is 14.7. The lowest BCUT2D eigenvalue weighted by molar-refractivity contribution is 0.102. The van der Waals surface area contributed by atoms with Crippen LogP contribution in [0.15, 0.2) is 55.0 Å². The molecule has 1 aromatic carbocycles. The molecule has 0 atom stereocenters. The number of anilines is 1. The average molecular weight is 299 g/mol. The van der Waals surface area contributed by atoms with E-state index in [0.717, 1.165) is 11.3 Å². The number of carbonyl (C=O) groups is 1. The van der Waals surface area contributed by atoms with E-state index in [9.17, 15) is 4.79 Å². The summed E-state index contributed by atoms with van der Waals surface area (Å²) in [7, 11) is 0. The van der Waals surface area contributed by atoms with Crippen molar-refractivity contribution < 1.29 is 4.79 Å². The van der Waals surface area contributed by atoms with Crippen molar-refractivity contribution in [2.75, 3.05) is 5.32 Å². The van der Waals surface area contributed by atoms with Gasteiger partial charge in [-0.3, -0.25) is 15.1 Å². The number of aromatic amines is 1. The fraction of sp³-hybridized carbons (Fsp3) is 0. The molecule has 104 valence electrons. The van der Waals surface area contributed by atoms with Gasteiger partial charge in [0.1, 0.15) is 0 Å². The van der Waals surface area contributed by atoms with Gasteiger partial charge in [-0.2, -0.15) is 0 Å². The number of hydrogen-bond acceptors (Lipinski definition) is 3. The number of halogens is 1. The molecule has 0 saturated heterocycles. The van der Waals surface area contributed by atoms with E-state index in [1.807, 2.05) is 12.1 Å². The summed E-state index contributed by atoms with van der Waals surface area (Å²) in [4.78, 5) is 23.3. The van der Waals surface area contributed by atoms with Crippen LogP contribution in [0.2, 0.25) is 5.02 Å². The van der Waals surface area contributed by atoms with Gasteiger partial charge in [0, 0.05) is 28.5 Å². The molecule has 5 nitrogen and oxygen atoms in total. The van der Waals surface area contributed by atoms with Crippen LogP contribution in [-0.4, -0.2) is 20.9 Å². The molecule has 0 unspecified atom stereocenters. The fourth-order valence-corrected chi connectivity index (χ4v) is 1.96. The van der Waals surface area contributed by atoms with Crippen LogP contribution in [0.3, 0.4) is 0 Å². The van der Waals surface area contributed by atoms with Gasteiger partial charge in [0.25, 0.3) is 5.91 Å². The van der Waals surface area contributed by atoms with Gasteiger partial charge >= 0.3 is 0 Å². The van der Waals surface area contributed by atoms with Gasteiger partial charge in [0.15, 0.2) is 0 Å². The molecule has 0 aliphatic carbocycles. The first-order chi connectivity index (χ1) is 10.2. The third-order valence-corrected chi connectivity index (χ3v) is 3.14. The van der Waals surface area contributed by atoms with E-state index in [1.54, 1.807) is 42.9 Å². The van der Waals surface area contributed by atoms with E-state index in [0.29, 0.717) is 16.5 Å². The van der Waals surface area contributed by atoms with Gasteiger partial charge in [-0.1, -0.05) is 11.6 Å². The lowest BCUT2D eigenvalue weighted by atomic mass is 10.2. The minimum absolute atomic E-state index is 0.251. The van der Waals surface area contributed by atoms with Crippen LogP contribution in [0.5, 0.6) is 0 Å². The predicted octanol–water partition coefficient (Wildman–Crippen LogP) is 3.38. The SMILES string of the molecule is O=C(Nc1ncc(-c2cccnc2)[nH]1)c1ccc(Cl)cc1. The third kappa shape index (κ3) is 3.09. The molecule has 0 spiro atoms. The molecular formula is C15H11ClN4O. The lowest BCUT2D eigenvalue weighted by Gasteiger charge is -2.02. The van der Waals surface area contributed by atoms with Gasteiger partial charge in [0.2, 0.25) is 5.95 Å². The zero-order valence-corrected chi connectivity index (χ0v) is 11.6. The van der Waals surface area contributed by atoms with Crippen molar-refractivity contribution in [1.29, 1.82) is 0 Å². The summed E-state index contributed by atoms with van der Waals surface area (Å²) in [6.07, 6.45) is 5.07. The number of nitrogens with one attached hydrogen (secondary N) is 2. The Bertz CT molecular complexity index is 753. The summed E-state index contributed by atoms with van der Waals surface area (Å²) in [6.45, 7) is 0. The highest BCUT2D eigenvalue weighted by atomic mass is 35.5. The predicted molar refractivity (Wildman–Crippen MR) is 81.2 cm³/mol. The van der Waals surface area contributed by atoms with Crippen molar-refractivity contribution in [2.24, 2.45) is 0 Å². The Hall–Kier alpha value is -2.66. The van der Waals surface area contributed by atoms with Crippen LogP contribution in [0.1, 0.15) is 10.4 Å². The largest absolute Gasteiger partial charge is 0.324 e. The average Bonchev–Trinajstić information content (AvgIpc) is 2.97. The minimum atomic E-state index is -0.251. The molecule has 2 heterocycles. The Kier molecular flexibility index (Phi) is 3.66. The molecule has 1 amide bonds. The van der Waals surface area contributed by atoms with Crippen LogP contribution in [0.25, 0.3) is 11.3 Å². The molecule has 3 rings (SSSR count). The second kappa shape index (κ2) is 5.76. The first-order valence-electron chi connectivity index (χ1n) is 6.25. The summed E-state index contributed by atoms with van der Waals surface area (Å²) in [5.41, 5.74) is 2.20. The molecule has 3 aromatic rings. The van der Waals surface area contributed by atoms with Crippen molar-refractivity contribution in [2.45, 2.75) is 0 Å². The third-order valence-electron chi connectivity index (χ3n) is 2.89. The van der Waals surface area contributed by atoms with Gasteiger partial charge < -0.3 is 4.98 Å². The van der Waals surface area contributed by atoms with Crippen LogP contribution >= 0.6 is 11.6 Å². The van der Waals surface area contributed by atoms with Gasteiger partial charge in [0.05, 0.1) is 11.9 Å². The van der Waals surface area contributed by atoms with Gasteiger partial charge in [-0.25, -0.2) is 4.98 Å². The molecule has 2 N–H and O–H groups in total. The molecule has 2 aromatic heterocycles. The van der Waals surface area contributed by atoms with E-state index in [4.69, 9.17) is 11.6 Å². The standard InChI is InChI=1S/C15H11ClN4O/c16-12-5-3-10(4-6-12)14(21)20-15-18-9-13(19-15)11-2-1-7-17-8-11/h1-9H,(H2,18,19,20,21). The summed E-state index contributed by atoms with van der Waals surface area (Å²) in [5, 5.41) is 3.29. The van der Waals surface area contributed by atoms with Gasteiger partial charge in [-0.15, -0.1) is 0 Å². The second-order valence-electron chi connectivity index (χ2n) is 4.35. The normalized spacial score (nSPS) is 10.3. The number of pyridine rings is 1. The monoisotopic (exact) mass is 298 g/mol.